The third kappa shape index (κ3) is 3.70. The van der Waals surface area contributed by atoms with Gasteiger partial charge in [0.15, 0.2) is 0 Å². The zero-order chi connectivity index (χ0) is 14.7. The predicted molar refractivity (Wildman–Crippen MR) is 82.1 cm³/mol. The van der Waals surface area contributed by atoms with Gasteiger partial charge in [-0.05, 0) is 30.4 Å². The van der Waals surface area contributed by atoms with E-state index >= 15 is 0 Å². The Labute approximate surface area is 122 Å². The number of carbonyl (C=O) groups is 1. The summed E-state index contributed by atoms with van der Waals surface area (Å²) in [5.41, 5.74) is 1.45. The van der Waals surface area contributed by atoms with Crippen molar-refractivity contribution in [2.24, 2.45) is 0 Å². The minimum absolute atomic E-state index is 0.0800. The van der Waals surface area contributed by atoms with E-state index in [2.05, 4.69) is 15.6 Å². The highest BCUT2D eigenvalue weighted by Crippen LogP contribution is 2.18. The molecule has 21 heavy (non-hydrogen) atoms. The van der Waals surface area contributed by atoms with Gasteiger partial charge < -0.3 is 15.6 Å². The Morgan fingerprint density at radius 2 is 2.10 bits per heavy atom. The summed E-state index contributed by atoms with van der Waals surface area (Å²) >= 11 is 0. The van der Waals surface area contributed by atoms with Crippen molar-refractivity contribution in [3.63, 3.8) is 0 Å². The molecule has 0 atom stereocenters. The summed E-state index contributed by atoms with van der Waals surface area (Å²) in [5.74, 6) is 0.0809. The van der Waals surface area contributed by atoms with Crippen LogP contribution in [0, 0.1) is 0 Å². The fourth-order valence-electron chi connectivity index (χ4n) is 2.28. The molecule has 5 heteroatoms. The molecule has 0 unspecified atom stereocenters. The highest BCUT2D eigenvalue weighted by Gasteiger charge is 2.22. The maximum atomic E-state index is 11.9. The van der Waals surface area contributed by atoms with Gasteiger partial charge in [-0.2, -0.15) is 0 Å². The highest BCUT2D eigenvalue weighted by atomic mass is 16.1. The first-order valence-corrected chi connectivity index (χ1v) is 7.33. The first-order chi connectivity index (χ1) is 10.2. The van der Waals surface area contributed by atoms with Crippen molar-refractivity contribution in [3.8, 4) is 0 Å². The summed E-state index contributed by atoms with van der Waals surface area (Å²) in [6.45, 7) is 1.04. The monoisotopic (exact) mass is 285 g/mol. The molecule has 0 aliphatic heterocycles. The first kappa shape index (κ1) is 13.8. The lowest BCUT2D eigenvalue weighted by Crippen LogP contribution is -2.29. The Morgan fingerprint density at radius 3 is 2.90 bits per heavy atom. The number of nitrogens with one attached hydrogen (secondary N) is 3. The molecule has 1 heterocycles. The fourth-order valence-corrected chi connectivity index (χ4v) is 2.28. The summed E-state index contributed by atoms with van der Waals surface area (Å²) < 4.78 is 0. The topological polar surface area (TPSA) is 74.0 Å². The van der Waals surface area contributed by atoms with Crippen LogP contribution in [0.1, 0.15) is 24.8 Å². The molecule has 110 valence electrons. The number of aromatic nitrogens is 1. The normalized spacial score (nSPS) is 14.3. The quantitative estimate of drug-likeness (QED) is 0.700. The van der Waals surface area contributed by atoms with Crippen LogP contribution < -0.4 is 16.2 Å². The SMILES string of the molecule is O=C(CCNCc1cc2ccccc2[nH]c1=O)NC1CC1. The van der Waals surface area contributed by atoms with E-state index in [4.69, 9.17) is 0 Å². The molecule has 1 saturated carbocycles. The van der Waals surface area contributed by atoms with E-state index in [-0.39, 0.29) is 11.5 Å². The molecular formula is C16H19N3O2. The Balaban J connectivity index is 1.53. The third-order valence-electron chi connectivity index (χ3n) is 3.62. The molecule has 3 N–H and O–H groups in total. The van der Waals surface area contributed by atoms with Gasteiger partial charge in [0, 0.05) is 36.6 Å². The second-order valence-corrected chi connectivity index (χ2v) is 5.48. The number of hydrogen-bond donors (Lipinski definition) is 3. The number of amides is 1. The summed E-state index contributed by atoms with van der Waals surface area (Å²) in [4.78, 5) is 26.3. The van der Waals surface area contributed by atoms with Gasteiger partial charge in [0.1, 0.15) is 0 Å². The first-order valence-electron chi connectivity index (χ1n) is 7.33. The van der Waals surface area contributed by atoms with Crippen molar-refractivity contribution in [2.45, 2.75) is 31.8 Å². The zero-order valence-electron chi connectivity index (χ0n) is 11.8. The van der Waals surface area contributed by atoms with E-state index in [1.807, 2.05) is 30.3 Å². The number of fused-ring (bicyclic) bond motifs is 1. The standard InChI is InChI=1S/C16H19N3O2/c20-15(18-13-5-6-13)7-8-17-10-12-9-11-3-1-2-4-14(11)19-16(12)21/h1-4,9,13,17H,5-8,10H2,(H,18,20)(H,19,21). The van der Waals surface area contributed by atoms with E-state index in [0.717, 1.165) is 23.7 Å². The summed E-state index contributed by atoms with van der Waals surface area (Å²) in [6.07, 6.45) is 2.65. The van der Waals surface area contributed by atoms with Gasteiger partial charge in [-0.3, -0.25) is 9.59 Å². The van der Waals surface area contributed by atoms with Crippen molar-refractivity contribution in [2.75, 3.05) is 6.54 Å². The van der Waals surface area contributed by atoms with Crippen LogP contribution in [0.15, 0.2) is 35.1 Å². The molecule has 1 aliphatic carbocycles. The summed E-state index contributed by atoms with van der Waals surface area (Å²) in [6, 6.07) is 10.00. The van der Waals surface area contributed by atoms with Crippen molar-refractivity contribution in [3.05, 3.63) is 46.2 Å². The fraction of sp³-hybridized carbons (Fsp3) is 0.375. The summed E-state index contributed by atoms with van der Waals surface area (Å²) in [5, 5.41) is 7.11. The number of para-hydroxylation sites is 1. The van der Waals surface area contributed by atoms with Crippen LogP contribution in [-0.4, -0.2) is 23.5 Å². The van der Waals surface area contributed by atoms with Gasteiger partial charge in [0.05, 0.1) is 0 Å². The molecule has 1 fully saturated rings. The van der Waals surface area contributed by atoms with Crippen LogP contribution in [0.5, 0.6) is 0 Å². The van der Waals surface area contributed by atoms with Gasteiger partial charge in [-0.1, -0.05) is 18.2 Å². The lowest BCUT2D eigenvalue weighted by atomic mass is 10.1. The number of carbonyl (C=O) groups excluding carboxylic acids is 1. The number of hydrogen-bond acceptors (Lipinski definition) is 3. The van der Waals surface area contributed by atoms with Gasteiger partial charge in [-0.15, -0.1) is 0 Å². The molecule has 0 saturated heterocycles. The Kier molecular flexibility index (Phi) is 4.01. The number of rotatable bonds is 6. The molecule has 2 aromatic rings. The van der Waals surface area contributed by atoms with Crippen LogP contribution in [0.25, 0.3) is 10.9 Å². The predicted octanol–water partition coefficient (Wildman–Crippen LogP) is 1.29. The number of pyridine rings is 1. The zero-order valence-corrected chi connectivity index (χ0v) is 11.8. The van der Waals surface area contributed by atoms with Crippen molar-refractivity contribution < 1.29 is 4.79 Å². The van der Waals surface area contributed by atoms with Crippen molar-refractivity contribution in [1.82, 2.24) is 15.6 Å². The van der Waals surface area contributed by atoms with Gasteiger partial charge in [0.2, 0.25) is 5.91 Å². The van der Waals surface area contributed by atoms with E-state index in [0.29, 0.717) is 31.1 Å². The molecule has 1 aliphatic rings. The molecule has 0 spiro atoms. The molecular weight excluding hydrogens is 266 g/mol. The Hall–Kier alpha value is -2.14. The maximum absolute atomic E-state index is 11.9. The van der Waals surface area contributed by atoms with Crippen LogP contribution in [0.2, 0.25) is 0 Å². The van der Waals surface area contributed by atoms with Gasteiger partial charge in [-0.25, -0.2) is 0 Å². The van der Waals surface area contributed by atoms with Crippen LogP contribution >= 0.6 is 0 Å². The molecule has 0 radical (unpaired) electrons. The Morgan fingerprint density at radius 1 is 1.29 bits per heavy atom. The Bertz CT molecular complexity index is 704. The minimum atomic E-state index is -0.0800. The summed E-state index contributed by atoms with van der Waals surface area (Å²) in [7, 11) is 0. The van der Waals surface area contributed by atoms with E-state index in [9.17, 15) is 9.59 Å². The van der Waals surface area contributed by atoms with E-state index in [1.54, 1.807) is 0 Å². The molecule has 1 aromatic heterocycles. The second kappa shape index (κ2) is 6.10. The molecule has 1 amide bonds. The average molecular weight is 285 g/mol. The van der Waals surface area contributed by atoms with Crippen LogP contribution in [0.3, 0.4) is 0 Å². The van der Waals surface area contributed by atoms with Gasteiger partial charge >= 0.3 is 0 Å². The minimum Gasteiger partial charge on any atom is -0.353 e. The number of benzene rings is 1. The van der Waals surface area contributed by atoms with Gasteiger partial charge in [0.25, 0.3) is 5.56 Å². The van der Waals surface area contributed by atoms with Crippen LogP contribution in [-0.2, 0) is 11.3 Å². The number of aromatic amines is 1. The molecule has 3 rings (SSSR count). The maximum Gasteiger partial charge on any atom is 0.252 e. The largest absolute Gasteiger partial charge is 0.353 e. The third-order valence-corrected chi connectivity index (χ3v) is 3.62. The lowest BCUT2D eigenvalue weighted by molar-refractivity contribution is -0.121. The van der Waals surface area contributed by atoms with Crippen molar-refractivity contribution in [1.29, 1.82) is 0 Å². The van der Waals surface area contributed by atoms with Crippen LogP contribution in [0.4, 0.5) is 0 Å². The molecule has 5 nitrogen and oxygen atoms in total. The van der Waals surface area contributed by atoms with E-state index < -0.39 is 0 Å². The lowest BCUT2D eigenvalue weighted by Gasteiger charge is -2.06. The number of H-pyrrole nitrogens is 1. The highest BCUT2D eigenvalue weighted by molar-refractivity contribution is 5.78. The molecule has 1 aromatic carbocycles. The molecule has 0 bridgehead atoms. The van der Waals surface area contributed by atoms with E-state index in [1.165, 1.54) is 0 Å². The average Bonchev–Trinajstić information content (AvgIpc) is 3.27. The van der Waals surface area contributed by atoms with Crippen molar-refractivity contribution >= 4 is 16.8 Å². The second-order valence-electron chi connectivity index (χ2n) is 5.48. The smallest absolute Gasteiger partial charge is 0.252 e.